The fraction of sp³-hybridized carbons (Fsp3) is 0.182. The molecule has 1 amide bonds. The van der Waals surface area contributed by atoms with Crippen LogP contribution in [0.4, 0.5) is 11.5 Å². The van der Waals surface area contributed by atoms with Crippen molar-refractivity contribution in [2.75, 3.05) is 17.3 Å². The lowest BCUT2D eigenvalue weighted by molar-refractivity contribution is -0.111. The molecule has 5 heteroatoms. The lowest BCUT2D eigenvalue weighted by atomic mass is 10.2. The number of aromatic nitrogens is 1. The minimum Gasteiger partial charge on any atom is -0.357 e. The topological polar surface area (TPSA) is 45.2 Å². The number of hydrogen-bond donors (Lipinski definition) is 1. The monoisotopic (exact) mass is 379 g/mol. The predicted molar refractivity (Wildman–Crippen MR) is 114 cm³/mol. The number of nitrogens with one attached hydrogen (secondary N) is 1. The van der Waals surface area contributed by atoms with Crippen LogP contribution in [-0.2, 0) is 4.79 Å². The Bertz CT molecular complexity index is 981. The van der Waals surface area contributed by atoms with Crippen LogP contribution in [0.5, 0.6) is 0 Å². The quantitative estimate of drug-likeness (QED) is 0.605. The van der Waals surface area contributed by atoms with Crippen LogP contribution < -0.4 is 10.2 Å². The van der Waals surface area contributed by atoms with Gasteiger partial charge in [-0.15, -0.1) is 0 Å². The Balaban J connectivity index is 1.72. The molecular weight excluding hydrogens is 358 g/mol. The summed E-state index contributed by atoms with van der Waals surface area (Å²) in [6.45, 7) is 4.25. The maximum absolute atomic E-state index is 12.2. The molecule has 1 N–H and O–H groups in total. The van der Waals surface area contributed by atoms with Crippen molar-refractivity contribution < 1.29 is 4.79 Å². The van der Waals surface area contributed by atoms with Crippen LogP contribution in [0, 0.1) is 0 Å². The second-order valence-corrected chi connectivity index (χ2v) is 7.09. The molecule has 0 atom stereocenters. The largest absolute Gasteiger partial charge is 0.357 e. The van der Waals surface area contributed by atoms with Crippen LogP contribution >= 0.6 is 11.6 Å². The number of carbonyl (C=O) groups excluding carboxylic acids is 1. The minimum absolute atomic E-state index is 0.187. The molecular formula is C22H22ClN3O. The molecule has 1 aromatic heterocycles. The lowest BCUT2D eigenvalue weighted by Crippen LogP contribution is -2.26. The summed E-state index contributed by atoms with van der Waals surface area (Å²) in [6.07, 6.45) is 3.26. The molecule has 0 bridgehead atoms. The highest BCUT2D eigenvalue weighted by Gasteiger charge is 2.08. The third-order valence-corrected chi connectivity index (χ3v) is 4.63. The zero-order valence-corrected chi connectivity index (χ0v) is 16.4. The van der Waals surface area contributed by atoms with Gasteiger partial charge in [-0.2, -0.15) is 0 Å². The number of fused-ring (bicyclic) bond motifs is 1. The van der Waals surface area contributed by atoms with Crippen LogP contribution in [0.25, 0.3) is 17.0 Å². The minimum atomic E-state index is -0.187. The normalized spacial score (nSPS) is 11.3. The number of carbonyl (C=O) groups is 1. The van der Waals surface area contributed by atoms with E-state index in [2.05, 4.69) is 29.0 Å². The number of hydrogen-bond acceptors (Lipinski definition) is 3. The van der Waals surface area contributed by atoms with E-state index in [1.165, 1.54) is 6.08 Å². The van der Waals surface area contributed by atoms with Crippen LogP contribution in [0.15, 0.2) is 60.7 Å². The first-order valence-electron chi connectivity index (χ1n) is 8.80. The highest BCUT2D eigenvalue weighted by Crippen LogP contribution is 2.22. The molecule has 0 aliphatic carbocycles. The highest BCUT2D eigenvalue weighted by molar-refractivity contribution is 6.30. The van der Waals surface area contributed by atoms with Crippen LogP contribution in [0.2, 0.25) is 5.02 Å². The van der Waals surface area contributed by atoms with Gasteiger partial charge in [0.1, 0.15) is 5.82 Å². The van der Waals surface area contributed by atoms with Crippen molar-refractivity contribution in [1.29, 1.82) is 0 Å². The maximum atomic E-state index is 12.2. The van der Waals surface area contributed by atoms with Gasteiger partial charge in [0.15, 0.2) is 0 Å². The second-order valence-electron chi connectivity index (χ2n) is 6.66. The molecule has 0 fully saturated rings. The summed E-state index contributed by atoms with van der Waals surface area (Å²) in [5.74, 6) is 0.744. The van der Waals surface area contributed by atoms with E-state index < -0.39 is 0 Å². The van der Waals surface area contributed by atoms with Gasteiger partial charge in [0.25, 0.3) is 0 Å². The fourth-order valence-electron chi connectivity index (χ4n) is 2.58. The molecule has 27 heavy (non-hydrogen) atoms. The number of benzene rings is 2. The predicted octanol–water partition coefficient (Wildman–Crippen LogP) is 5.38. The smallest absolute Gasteiger partial charge is 0.248 e. The molecule has 138 valence electrons. The zero-order chi connectivity index (χ0) is 19.4. The fourth-order valence-corrected chi connectivity index (χ4v) is 2.71. The van der Waals surface area contributed by atoms with E-state index in [9.17, 15) is 4.79 Å². The Labute approximate surface area is 164 Å². The number of amides is 1. The molecule has 3 aromatic rings. The lowest BCUT2D eigenvalue weighted by Gasteiger charge is -2.22. The molecule has 0 aliphatic heterocycles. The Hall–Kier alpha value is -2.85. The summed E-state index contributed by atoms with van der Waals surface area (Å²) in [6, 6.07) is 17.4. The summed E-state index contributed by atoms with van der Waals surface area (Å²) in [5, 5.41) is 4.53. The number of nitrogens with zero attached hydrogens (tertiary/aromatic N) is 2. The zero-order valence-electron chi connectivity index (χ0n) is 15.6. The van der Waals surface area contributed by atoms with Gasteiger partial charge in [-0.05, 0) is 68.0 Å². The third kappa shape index (κ3) is 4.86. The Morgan fingerprint density at radius 2 is 1.85 bits per heavy atom. The molecule has 0 saturated heterocycles. The first kappa shape index (κ1) is 18.9. The maximum Gasteiger partial charge on any atom is 0.248 e. The van der Waals surface area contributed by atoms with E-state index in [0.29, 0.717) is 11.1 Å². The van der Waals surface area contributed by atoms with Crippen LogP contribution in [0.1, 0.15) is 19.4 Å². The molecule has 0 radical (unpaired) electrons. The summed E-state index contributed by atoms with van der Waals surface area (Å²) in [4.78, 5) is 19.0. The van der Waals surface area contributed by atoms with E-state index in [0.717, 1.165) is 28.0 Å². The van der Waals surface area contributed by atoms with Crippen molar-refractivity contribution >= 4 is 46.0 Å². The molecule has 0 unspecified atom stereocenters. The average Bonchev–Trinajstić information content (AvgIpc) is 2.66. The van der Waals surface area contributed by atoms with E-state index in [-0.39, 0.29) is 5.91 Å². The van der Waals surface area contributed by atoms with Gasteiger partial charge in [0.2, 0.25) is 5.91 Å². The van der Waals surface area contributed by atoms with Crippen molar-refractivity contribution in [3.63, 3.8) is 0 Å². The van der Waals surface area contributed by atoms with Gasteiger partial charge < -0.3 is 10.2 Å². The van der Waals surface area contributed by atoms with Gasteiger partial charge in [0.05, 0.1) is 5.52 Å². The van der Waals surface area contributed by atoms with E-state index >= 15 is 0 Å². The van der Waals surface area contributed by atoms with Crippen molar-refractivity contribution in [2.45, 2.75) is 19.9 Å². The van der Waals surface area contributed by atoms with Crippen molar-refractivity contribution in [3.8, 4) is 0 Å². The van der Waals surface area contributed by atoms with Gasteiger partial charge >= 0.3 is 0 Å². The Kier molecular flexibility index (Phi) is 5.77. The SMILES string of the molecule is CC(C)N(C)c1ccc2cc(NC(=O)C=Cc3ccc(Cl)cc3)ccc2n1. The highest BCUT2D eigenvalue weighted by atomic mass is 35.5. The molecule has 0 aliphatic rings. The summed E-state index contributed by atoms with van der Waals surface area (Å²) in [5.41, 5.74) is 2.55. The van der Waals surface area contributed by atoms with E-state index in [1.807, 2.05) is 49.5 Å². The van der Waals surface area contributed by atoms with Crippen molar-refractivity contribution in [1.82, 2.24) is 4.98 Å². The number of pyridine rings is 1. The average molecular weight is 380 g/mol. The van der Waals surface area contributed by atoms with Gasteiger partial charge in [-0.3, -0.25) is 4.79 Å². The number of halogens is 1. The molecule has 0 saturated carbocycles. The van der Waals surface area contributed by atoms with Crippen molar-refractivity contribution in [3.05, 3.63) is 71.3 Å². The summed E-state index contributed by atoms with van der Waals surface area (Å²) in [7, 11) is 2.03. The van der Waals surface area contributed by atoms with Crippen LogP contribution in [0.3, 0.4) is 0 Å². The first-order chi connectivity index (χ1) is 12.9. The standard InChI is InChI=1S/C22H22ClN3O/c1-15(2)26(3)21-12-7-17-14-19(10-11-20(17)25-21)24-22(27)13-6-16-4-8-18(23)9-5-16/h4-15H,1-3H3,(H,24,27). The molecule has 2 aromatic carbocycles. The van der Waals surface area contributed by atoms with Crippen molar-refractivity contribution in [2.24, 2.45) is 0 Å². The van der Waals surface area contributed by atoms with Gasteiger partial charge in [0, 0.05) is 35.3 Å². The number of rotatable bonds is 5. The molecule has 1 heterocycles. The van der Waals surface area contributed by atoms with E-state index in [4.69, 9.17) is 11.6 Å². The second kappa shape index (κ2) is 8.23. The Morgan fingerprint density at radius 3 is 2.56 bits per heavy atom. The van der Waals surface area contributed by atoms with Crippen LogP contribution in [-0.4, -0.2) is 24.0 Å². The number of anilines is 2. The molecule has 0 spiro atoms. The Morgan fingerprint density at radius 1 is 1.11 bits per heavy atom. The van der Waals surface area contributed by atoms with Gasteiger partial charge in [-0.1, -0.05) is 23.7 Å². The summed E-state index contributed by atoms with van der Waals surface area (Å²) < 4.78 is 0. The van der Waals surface area contributed by atoms with Gasteiger partial charge in [-0.25, -0.2) is 4.98 Å². The summed E-state index contributed by atoms with van der Waals surface area (Å²) >= 11 is 5.86. The molecule has 4 nitrogen and oxygen atoms in total. The third-order valence-electron chi connectivity index (χ3n) is 4.38. The first-order valence-corrected chi connectivity index (χ1v) is 9.18. The van der Waals surface area contributed by atoms with E-state index in [1.54, 1.807) is 18.2 Å². The molecule has 3 rings (SSSR count).